The fraction of sp³-hybridized carbons (Fsp3) is 0.867. The highest BCUT2D eigenvalue weighted by atomic mass is 16.5. The molecule has 152 valence electrons. The van der Waals surface area contributed by atoms with Crippen LogP contribution in [0.2, 0.25) is 0 Å². The molecule has 1 amide bonds. The van der Waals surface area contributed by atoms with Gasteiger partial charge in [-0.25, -0.2) is 4.79 Å². The van der Waals surface area contributed by atoms with Crippen LogP contribution in [-0.2, 0) is 23.8 Å². The second kappa shape index (κ2) is 23.1. The number of carbonyl (C=O) groups excluding carboxylic acids is 1. The third-order valence-electron chi connectivity index (χ3n) is 2.15. The summed E-state index contributed by atoms with van der Waals surface area (Å²) in [6, 6.07) is 0. The van der Waals surface area contributed by atoms with Crippen molar-refractivity contribution in [3.63, 3.8) is 0 Å². The van der Waals surface area contributed by atoms with E-state index in [4.69, 9.17) is 25.8 Å². The number of azide groups is 1. The maximum absolute atomic E-state index is 11.1. The molecule has 11 heteroatoms. The van der Waals surface area contributed by atoms with Crippen LogP contribution in [0.3, 0.4) is 0 Å². The molecule has 1 aliphatic rings. The molecule has 0 saturated heterocycles. The van der Waals surface area contributed by atoms with Gasteiger partial charge in [0.2, 0.25) is 5.91 Å². The highest BCUT2D eigenvalue weighted by Gasteiger charge is 2.02. The van der Waals surface area contributed by atoms with Crippen molar-refractivity contribution in [2.45, 2.75) is 26.2 Å². The van der Waals surface area contributed by atoms with Gasteiger partial charge in [0.05, 0.1) is 26.4 Å². The predicted molar refractivity (Wildman–Crippen MR) is 95.7 cm³/mol. The molecule has 0 heterocycles. The summed E-state index contributed by atoms with van der Waals surface area (Å²) in [7, 11) is 0. The SMILES string of the molecule is C1CC1.CCN.[N-]=[N+]=NCCOCCOCCNC(=O)COCC(=O)O. The van der Waals surface area contributed by atoms with Crippen LogP contribution in [0.5, 0.6) is 0 Å². The quantitative estimate of drug-likeness (QED) is 0.183. The van der Waals surface area contributed by atoms with Gasteiger partial charge in [-0.1, -0.05) is 31.3 Å². The first-order valence-electron chi connectivity index (χ1n) is 8.51. The van der Waals surface area contributed by atoms with Crippen molar-refractivity contribution < 1.29 is 28.9 Å². The van der Waals surface area contributed by atoms with Crippen molar-refractivity contribution in [3.05, 3.63) is 10.4 Å². The van der Waals surface area contributed by atoms with Crippen LogP contribution in [0.25, 0.3) is 10.4 Å². The lowest BCUT2D eigenvalue weighted by Crippen LogP contribution is -2.31. The van der Waals surface area contributed by atoms with E-state index in [1.165, 1.54) is 19.3 Å². The zero-order valence-corrected chi connectivity index (χ0v) is 15.4. The summed E-state index contributed by atoms with van der Waals surface area (Å²) in [4.78, 5) is 23.8. The molecule has 11 nitrogen and oxygen atoms in total. The largest absolute Gasteiger partial charge is 0.480 e. The number of carbonyl (C=O) groups is 2. The number of aliphatic carboxylic acids is 1. The normalized spacial score (nSPS) is 11.0. The molecule has 1 saturated carbocycles. The zero-order valence-electron chi connectivity index (χ0n) is 15.4. The molecular formula is C15H31N5O6. The average Bonchev–Trinajstić information content (AvgIpc) is 3.46. The highest BCUT2D eigenvalue weighted by molar-refractivity contribution is 5.77. The van der Waals surface area contributed by atoms with Gasteiger partial charge < -0.3 is 30.4 Å². The molecule has 4 N–H and O–H groups in total. The Kier molecular flexibility index (Phi) is 23.4. The molecule has 0 aliphatic heterocycles. The van der Waals surface area contributed by atoms with E-state index in [1.54, 1.807) is 0 Å². The summed E-state index contributed by atoms with van der Waals surface area (Å²) in [5.74, 6) is -1.53. The second-order valence-electron chi connectivity index (χ2n) is 4.88. The lowest BCUT2D eigenvalue weighted by Gasteiger charge is -2.06. The Morgan fingerprint density at radius 2 is 1.69 bits per heavy atom. The Labute approximate surface area is 153 Å². The molecule has 0 radical (unpaired) electrons. The fourth-order valence-electron chi connectivity index (χ4n) is 1.02. The Balaban J connectivity index is 0. The van der Waals surface area contributed by atoms with E-state index >= 15 is 0 Å². The van der Waals surface area contributed by atoms with Crippen LogP contribution < -0.4 is 11.1 Å². The summed E-state index contributed by atoms with van der Waals surface area (Å²) in [6.07, 6.45) is 4.50. The summed E-state index contributed by atoms with van der Waals surface area (Å²) in [6.45, 7) is 3.82. The zero-order chi connectivity index (χ0) is 19.9. The number of carboxylic acid groups (broad SMARTS) is 1. The van der Waals surface area contributed by atoms with Gasteiger partial charge in [-0.3, -0.25) is 4.79 Å². The first-order chi connectivity index (χ1) is 12.6. The number of amides is 1. The number of ether oxygens (including phenoxy) is 3. The highest BCUT2D eigenvalue weighted by Crippen LogP contribution is 2.14. The van der Waals surface area contributed by atoms with Gasteiger partial charge in [0.15, 0.2) is 0 Å². The van der Waals surface area contributed by atoms with E-state index in [0.717, 1.165) is 6.54 Å². The van der Waals surface area contributed by atoms with Crippen LogP contribution >= 0.6 is 0 Å². The van der Waals surface area contributed by atoms with Gasteiger partial charge in [-0.05, 0) is 12.1 Å². The van der Waals surface area contributed by atoms with Crippen LogP contribution in [0.15, 0.2) is 5.11 Å². The van der Waals surface area contributed by atoms with Crippen molar-refractivity contribution >= 4 is 11.9 Å². The summed E-state index contributed by atoms with van der Waals surface area (Å²) in [5, 5.41) is 14.1. The van der Waals surface area contributed by atoms with Gasteiger partial charge in [-0.2, -0.15) is 0 Å². The molecule has 26 heavy (non-hydrogen) atoms. The van der Waals surface area contributed by atoms with Crippen LogP contribution in [0, 0.1) is 0 Å². The maximum Gasteiger partial charge on any atom is 0.329 e. The molecule has 0 aromatic rings. The fourth-order valence-corrected chi connectivity index (χ4v) is 1.02. The molecule has 1 fully saturated rings. The number of nitrogens with two attached hydrogens (primary N) is 1. The van der Waals surface area contributed by atoms with Gasteiger partial charge in [-0.15, -0.1) is 0 Å². The monoisotopic (exact) mass is 377 g/mol. The van der Waals surface area contributed by atoms with Crippen molar-refractivity contribution in [3.8, 4) is 0 Å². The van der Waals surface area contributed by atoms with Gasteiger partial charge in [0.25, 0.3) is 0 Å². The van der Waals surface area contributed by atoms with E-state index in [0.29, 0.717) is 33.0 Å². The minimum absolute atomic E-state index is 0.281. The minimum atomic E-state index is -1.12. The van der Waals surface area contributed by atoms with Crippen LogP contribution in [0.4, 0.5) is 0 Å². The number of nitrogens with one attached hydrogen (secondary N) is 1. The second-order valence-corrected chi connectivity index (χ2v) is 4.88. The number of carboxylic acids is 1. The van der Waals surface area contributed by atoms with Crippen molar-refractivity contribution in [2.75, 3.05) is 59.3 Å². The molecule has 0 unspecified atom stereocenters. The number of nitrogens with zero attached hydrogens (tertiary/aromatic N) is 3. The van der Waals surface area contributed by atoms with Gasteiger partial charge in [0.1, 0.15) is 13.2 Å². The van der Waals surface area contributed by atoms with Crippen LogP contribution in [-0.4, -0.2) is 76.3 Å². The molecule has 0 spiro atoms. The van der Waals surface area contributed by atoms with Crippen LogP contribution in [0.1, 0.15) is 26.2 Å². The predicted octanol–water partition coefficient (Wildman–Crippen LogP) is 0.683. The van der Waals surface area contributed by atoms with E-state index in [9.17, 15) is 9.59 Å². The molecule has 1 aliphatic carbocycles. The Morgan fingerprint density at radius 1 is 1.12 bits per heavy atom. The first-order valence-corrected chi connectivity index (χ1v) is 8.51. The molecular weight excluding hydrogens is 346 g/mol. The average molecular weight is 377 g/mol. The Bertz CT molecular complexity index is 386. The molecule has 0 aromatic heterocycles. The molecule has 1 rings (SSSR count). The minimum Gasteiger partial charge on any atom is -0.480 e. The smallest absolute Gasteiger partial charge is 0.329 e. The van der Waals surface area contributed by atoms with E-state index in [-0.39, 0.29) is 13.2 Å². The standard InChI is InChI=1S/C10H18N4O6.C3H6.C2H7N/c11-14-13-2-4-19-6-5-18-3-1-12-9(15)7-20-8-10(16)17;1-2-3-1;1-2-3/h1-8H2,(H,12,15)(H,16,17);1-3H2;2-3H2,1H3. The summed E-state index contributed by atoms with van der Waals surface area (Å²) in [5.41, 5.74) is 12.8. The van der Waals surface area contributed by atoms with E-state index in [2.05, 4.69) is 20.1 Å². The lowest BCUT2D eigenvalue weighted by atomic mass is 10.6. The van der Waals surface area contributed by atoms with Crippen molar-refractivity contribution in [2.24, 2.45) is 10.8 Å². The van der Waals surface area contributed by atoms with E-state index < -0.39 is 18.5 Å². The Morgan fingerprint density at radius 3 is 2.19 bits per heavy atom. The Hall–Kier alpha value is -1.91. The molecule has 0 bridgehead atoms. The summed E-state index contributed by atoms with van der Waals surface area (Å²) < 4.78 is 14.8. The van der Waals surface area contributed by atoms with E-state index in [1.807, 2.05) is 6.92 Å². The number of hydrogen-bond donors (Lipinski definition) is 3. The van der Waals surface area contributed by atoms with Crippen molar-refractivity contribution in [1.29, 1.82) is 0 Å². The topological polar surface area (TPSA) is 169 Å². The van der Waals surface area contributed by atoms with Crippen molar-refractivity contribution in [1.82, 2.24) is 5.32 Å². The molecule has 0 atom stereocenters. The first kappa shape index (κ1) is 26.3. The molecule has 0 aromatic carbocycles. The lowest BCUT2D eigenvalue weighted by molar-refractivity contribution is -0.143. The third kappa shape index (κ3) is 33.6. The van der Waals surface area contributed by atoms with Gasteiger partial charge >= 0.3 is 5.97 Å². The maximum atomic E-state index is 11.1. The summed E-state index contributed by atoms with van der Waals surface area (Å²) >= 11 is 0. The number of hydrogen-bond acceptors (Lipinski definition) is 7. The van der Waals surface area contributed by atoms with Gasteiger partial charge in [0, 0.05) is 18.0 Å². The number of rotatable bonds is 13. The third-order valence-corrected chi connectivity index (χ3v) is 2.15.